The number of rotatable bonds is 1. The van der Waals surface area contributed by atoms with Crippen molar-refractivity contribution < 1.29 is 4.79 Å². The average molecular weight is 190 g/mol. The van der Waals surface area contributed by atoms with Crippen LogP contribution in [0, 0.1) is 23.7 Å². The number of carbonyl (C=O) groups excluding carboxylic acids is 1. The molecule has 1 aliphatic rings. The molecule has 1 heteroatoms. The van der Waals surface area contributed by atoms with E-state index in [1.165, 1.54) is 5.57 Å². The molecule has 1 fully saturated rings. The quantitative estimate of drug-likeness (QED) is 0.459. The molecule has 1 atom stereocenters. The van der Waals surface area contributed by atoms with Crippen LogP contribution >= 0.6 is 0 Å². The van der Waals surface area contributed by atoms with Gasteiger partial charge in [-0.15, -0.1) is 6.42 Å². The Morgan fingerprint density at radius 3 is 2.64 bits per heavy atom. The van der Waals surface area contributed by atoms with E-state index >= 15 is 0 Å². The van der Waals surface area contributed by atoms with Crippen LogP contribution in [0.2, 0.25) is 0 Å². The van der Waals surface area contributed by atoms with Crippen molar-refractivity contribution in [3.05, 3.63) is 11.6 Å². The van der Waals surface area contributed by atoms with Gasteiger partial charge >= 0.3 is 0 Å². The molecule has 0 spiro atoms. The lowest BCUT2D eigenvalue weighted by Crippen LogP contribution is -2.33. The summed E-state index contributed by atoms with van der Waals surface area (Å²) in [6.45, 7) is 5.99. The molecule has 1 aliphatic carbocycles. The molecule has 0 radical (unpaired) electrons. The van der Waals surface area contributed by atoms with E-state index in [-0.39, 0.29) is 11.3 Å². The van der Waals surface area contributed by atoms with Crippen molar-refractivity contribution in [3.63, 3.8) is 0 Å². The molecule has 14 heavy (non-hydrogen) atoms. The van der Waals surface area contributed by atoms with Gasteiger partial charge in [0.05, 0.1) is 0 Å². The van der Waals surface area contributed by atoms with Gasteiger partial charge in [0.15, 0.2) is 0 Å². The van der Waals surface area contributed by atoms with Crippen LogP contribution in [-0.2, 0) is 4.79 Å². The molecule has 0 heterocycles. The summed E-state index contributed by atoms with van der Waals surface area (Å²) in [5.74, 6) is 3.09. The summed E-state index contributed by atoms with van der Waals surface area (Å²) < 4.78 is 0. The van der Waals surface area contributed by atoms with E-state index in [9.17, 15) is 4.79 Å². The van der Waals surface area contributed by atoms with Crippen molar-refractivity contribution in [1.82, 2.24) is 0 Å². The molecule has 0 amide bonds. The van der Waals surface area contributed by atoms with E-state index in [0.717, 1.165) is 12.8 Å². The van der Waals surface area contributed by atoms with E-state index in [1.807, 2.05) is 20.8 Å². The molecular formula is C13H18O. The Morgan fingerprint density at radius 1 is 1.50 bits per heavy atom. The second kappa shape index (κ2) is 4.00. The number of allylic oxidation sites excluding steroid dienone is 2. The molecule has 0 N–H and O–H groups in total. The monoisotopic (exact) mass is 190 g/mol. The summed E-state index contributed by atoms with van der Waals surface area (Å²) in [5.41, 5.74) is 1.07. The van der Waals surface area contributed by atoms with Gasteiger partial charge in [-0.25, -0.2) is 0 Å². The SMILES string of the molecule is C#CC(C)(C)C1C/C(=C/C)CCC1=O. The number of Topliss-reactive ketones (excluding diaryl/α,β-unsaturated/α-hetero) is 1. The molecule has 1 unspecified atom stereocenters. The highest BCUT2D eigenvalue weighted by Crippen LogP contribution is 2.37. The van der Waals surface area contributed by atoms with E-state index < -0.39 is 0 Å². The third kappa shape index (κ3) is 2.07. The van der Waals surface area contributed by atoms with Crippen LogP contribution in [0.5, 0.6) is 0 Å². The standard InChI is InChI=1S/C13H18O/c1-5-10-7-8-12(14)11(9-10)13(3,4)6-2/h2,5,11H,7-9H2,1,3-4H3/b10-5+. The van der Waals surface area contributed by atoms with Crippen LogP contribution in [0.4, 0.5) is 0 Å². The van der Waals surface area contributed by atoms with Gasteiger partial charge in [0.25, 0.3) is 0 Å². The van der Waals surface area contributed by atoms with Crippen LogP contribution in [0.25, 0.3) is 0 Å². The van der Waals surface area contributed by atoms with Gasteiger partial charge in [0.2, 0.25) is 0 Å². The Morgan fingerprint density at radius 2 is 2.14 bits per heavy atom. The Hall–Kier alpha value is -1.03. The van der Waals surface area contributed by atoms with Crippen molar-refractivity contribution >= 4 is 5.78 Å². The highest BCUT2D eigenvalue weighted by molar-refractivity contribution is 5.84. The third-order valence-corrected chi connectivity index (χ3v) is 3.20. The maximum atomic E-state index is 11.7. The fraction of sp³-hybridized carbons (Fsp3) is 0.615. The van der Waals surface area contributed by atoms with Crippen molar-refractivity contribution in [1.29, 1.82) is 0 Å². The molecular weight excluding hydrogens is 172 g/mol. The van der Waals surface area contributed by atoms with Crippen LogP contribution in [-0.4, -0.2) is 5.78 Å². The minimum absolute atomic E-state index is 0.0208. The Balaban J connectivity index is 2.87. The Kier molecular flexibility index (Phi) is 3.16. The largest absolute Gasteiger partial charge is 0.299 e. The smallest absolute Gasteiger partial charge is 0.138 e. The van der Waals surface area contributed by atoms with Gasteiger partial charge in [-0.05, 0) is 33.6 Å². The van der Waals surface area contributed by atoms with E-state index in [0.29, 0.717) is 12.2 Å². The van der Waals surface area contributed by atoms with Crippen molar-refractivity contribution in [2.75, 3.05) is 0 Å². The number of carbonyl (C=O) groups is 1. The zero-order valence-electron chi connectivity index (χ0n) is 9.26. The first-order valence-corrected chi connectivity index (χ1v) is 5.16. The van der Waals surface area contributed by atoms with Crippen molar-refractivity contribution in [2.45, 2.75) is 40.0 Å². The molecule has 0 bridgehead atoms. The van der Waals surface area contributed by atoms with E-state index in [1.54, 1.807) is 0 Å². The molecule has 1 rings (SSSR count). The van der Waals surface area contributed by atoms with Gasteiger partial charge < -0.3 is 0 Å². The number of ketones is 1. The van der Waals surface area contributed by atoms with Crippen LogP contribution in [0.15, 0.2) is 11.6 Å². The molecule has 0 aromatic rings. The summed E-state index contributed by atoms with van der Waals surface area (Å²) >= 11 is 0. The van der Waals surface area contributed by atoms with Crippen LogP contribution < -0.4 is 0 Å². The second-order valence-corrected chi connectivity index (χ2v) is 4.54. The van der Waals surface area contributed by atoms with Gasteiger partial charge in [-0.1, -0.05) is 17.6 Å². The normalized spacial score (nSPS) is 26.3. The van der Waals surface area contributed by atoms with Crippen LogP contribution in [0.3, 0.4) is 0 Å². The lowest BCUT2D eigenvalue weighted by Gasteiger charge is -2.32. The Bertz CT molecular complexity index is 302. The van der Waals surface area contributed by atoms with E-state index in [4.69, 9.17) is 6.42 Å². The molecule has 1 nitrogen and oxygen atoms in total. The molecule has 0 aliphatic heterocycles. The summed E-state index contributed by atoms with van der Waals surface area (Å²) in [7, 11) is 0. The first kappa shape index (κ1) is 11.0. The summed E-state index contributed by atoms with van der Waals surface area (Å²) in [6, 6.07) is 0. The lowest BCUT2D eigenvalue weighted by atomic mass is 9.69. The van der Waals surface area contributed by atoms with Gasteiger partial charge in [0.1, 0.15) is 5.78 Å². The third-order valence-electron chi connectivity index (χ3n) is 3.20. The summed E-state index contributed by atoms with van der Waals surface area (Å²) in [5, 5.41) is 0. The maximum Gasteiger partial charge on any atom is 0.138 e. The molecule has 1 saturated carbocycles. The number of hydrogen-bond donors (Lipinski definition) is 0. The highest BCUT2D eigenvalue weighted by atomic mass is 16.1. The first-order chi connectivity index (χ1) is 6.51. The molecule has 0 aromatic carbocycles. The molecule has 0 saturated heterocycles. The predicted octanol–water partition coefficient (Wildman–Crippen LogP) is 2.96. The Labute approximate surface area is 86.6 Å². The second-order valence-electron chi connectivity index (χ2n) is 4.54. The lowest BCUT2D eigenvalue weighted by molar-refractivity contribution is -0.126. The minimum Gasteiger partial charge on any atom is -0.299 e. The predicted molar refractivity (Wildman–Crippen MR) is 58.7 cm³/mol. The zero-order chi connectivity index (χ0) is 10.8. The topological polar surface area (TPSA) is 17.1 Å². The average Bonchev–Trinajstić information content (AvgIpc) is 2.18. The minimum atomic E-state index is -0.300. The van der Waals surface area contributed by atoms with Crippen LogP contribution in [0.1, 0.15) is 40.0 Å². The zero-order valence-corrected chi connectivity index (χ0v) is 9.26. The summed E-state index contributed by atoms with van der Waals surface area (Å²) in [4.78, 5) is 11.7. The molecule has 0 aromatic heterocycles. The van der Waals surface area contributed by atoms with Gasteiger partial charge in [-0.2, -0.15) is 0 Å². The number of terminal acetylenes is 1. The molecule has 76 valence electrons. The van der Waals surface area contributed by atoms with Gasteiger partial charge in [0, 0.05) is 17.8 Å². The summed E-state index contributed by atoms with van der Waals surface area (Å²) in [6.07, 6.45) is 10.0. The fourth-order valence-corrected chi connectivity index (χ4v) is 1.96. The fourth-order valence-electron chi connectivity index (χ4n) is 1.96. The van der Waals surface area contributed by atoms with Crippen molar-refractivity contribution in [2.24, 2.45) is 11.3 Å². The van der Waals surface area contributed by atoms with Crippen molar-refractivity contribution in [3.8, 4) is 12.3 Å². The van der Waals surface area contributed by atoms with E-state index in [2.05, 4.69) is 12.0 Å². The first-order valence-electron chi connectivity index (χ1n) is 5.16. The maximum absolute atomic E-state index is 11.7. The number of hydrogen-bond acceptors (Lipinski definition) is 1. The van der Waals surface area contributed by atoms with Gasteiger partial charge in [-0.3, -0.25) is 4.79 Å². The highest BCUT2D eigenvalue weighted by Gasteiger charge is 2.36.